The molecule has 0 amide bonds. The van der Waals surface area contributed by atoms with Gasteiger partial charge in [-0.3, -0.25) is 0 Å². The van der Waals surface area contributed by atoms with E-state index in [1.165, 1.54) is 13.2 Å². The van der Waals surface area contributed by atoms with Crippen molar-refractivity contribution in [1.29, 1.82) is 0 Å². The molecule has 2 rings (SSSR count). The average Bonchev–Trinajstić information content (AvgIpc) is 2.91. The molecule has 0 heterocycles. The molecule has 0 N–H and O–H groups in total. The SMILES string of the molecule is COC(=O)/C=C/C1=CCCCC[C@H]1[C@](C)(COCc1ccccc1)O[Si](C)(C)C. The number of carbonyl (C=O) groups excluding carboxylic acids is 1. The van der Waals surface area contributed by atoms with E-state index < -0.39 is 13.9 Å². The minimum atomic E-state index is -1.83. The van der Waals surface area contributed by atoms with E-state index in [1.807, 2.05) is 24.3 Å². The molecular weight excluding hydrogens is 380 g/mol. The molecule has 0 spiro atoms. The van der Waals surface area contributed by atoms with Gasteiger partial charge in [0, 0.05) is 12.0 Å². The lowest BCUT2D eigenvalue weighted by molar-refractivity contribution is -0.134. The molecule has 2 atom stereocenters. The van der Waals surface area contributed by atoms with E-state index in [2.05, 4.69) is 44.8 Å². The molecule has 0 saturated carbocycles. The number of hydrogen-bond acceptors (Lipinski definition) is 4. The molecule has 1 aliphatic carbocycles. The molecule has 4 nitrogen and oxygen atoms in total. The van der Waals surface area contributed by atoms with Gasteiger partial charge < -0.3 is 13.9 Å². The quantitative estimate of drug-likeness (QED) is 0.296. The molecule has 0 aliphatic heterocycles. The van der Waals surface area contributed by atoms with Gasteiger partial charge in [0.1, 0.15) is 0 Å². The van der Waals surface area contributed by atoms with Crippen molar-refractivity contribution < 1.29 is 18.7 Å². The maximum absolute atomic E-state index is 11.7. The predicted octanol–water partition coefficient (Wildman–Crippen LogP) is 5.66. The third kappa shape index (κ3) is 7.92. The maximum atomic E-state index is 11.7. The van der Waals surface area contributed by atoms with Crippen LogP contribution in [0.3, 0.4) is 0 Å². The number of esters is 1. The average molecular weight is 417 g/mol. The summed E-state index contributed by atoms with van der Waals surface area (Å²) >= 11 is 0. The van der Waals surface area contributed by atoms with Crippen molar-refractivity contribution in [2.75, 3.05) is 13.7 Å². The third-order valence-corrected chi connectivity index (χ3v) is 6.20. The highest BCUT2D eigenvalue weighted by molar-refractivity contribution is 6.69. The molecule has 1 aromatic carbocycles. The zero-order chi connectivity index (χ0) is 21.3. The van der Waals surface area contributed by atoms with Crippen LogP contribution in [0.15, 0.2) is 54.1 Å². The summed E-state index contributed by atoms with van der Waals surface area (Å²) in [5, 5.41) is 0. The number of carbonyl (C=O) groups is 1. The van der Waals surface area contributed by atoms with Crippen LogP contribution in [0.4, 0.5) is 0 Å². The molecule has 1 aliphatic rings. The summed E-state index contributed by atoms with van der Waals surface area (Å²) < 4.78 is 17.7. The molecule has 0 fully saturated rings. The molecular formula is C24H36O4Si. The molecule has 0 bridgehead atoms. The zero-order valence-corrected chi connectivity index (χ0v) is 19.6. The van der Waals surface area contributed by atoms with Gasteiger partial charge in [-0.15, -0.1) is 0 Å². The highest BCUT2D eigenvalue weighted by atomic mass is 28.4. The summed E-state index contributed by atoms with van der Waals surface area (Å²) in [4.78, 5) is 11.7. The second-order valence-electron chi connectivity index (χ2n) is 8.90. The van der Waals surface area contributed by atoms with Crippen LogP contribution in [0.5, 0.6) is 0 Å². The Bertz CT molecular complexity index is 705. The van der Waals surface area contributed by atoms with Crippen LogP contribution in [-0.2, 0) is 25.3 Å². The van der Waals surface area contributed by atoms with Gasteiger partial charge in [-0.25, -0.2) is 4.79 Å². The summed E-state index contributed by atoms with van der Waals surface area (Å²) in [5.41, 5.74) is 1.86. The second kappa shape index (κ2) is 10.9. The van der Waals surface area contributed by atoms with Crippen LogP contribution >= 0.6 is 0 Å². The van der Waals surface area contributed by atoms with E-state index in [0.29, 0.717) is 13.2 Å². The number of methoxy groups -OCH3 is 1. The van der Waals surface area contributed by atoms with Crippen molar-refractivity contribution in [1.82, 2.24) is 0 Å². The van der Waals surface area contributed by atoms with Crippen molar-refractivity contribution in [3.63, 3.8) is 0 Å². The molecule has 160 valence electrons. The molecule has 0 saturated heterocycles. The van der Waals surface area contributed by atoms with Gasteiger partial charge >= 0.3 is 5.97 Å². The first kappa shape index (κ1) is 23.6. The van der Waals surface area contributed by atoms with Crippen molar-refractivity contribution in [2.24, 2.45) is 5.92 Å². The fraction of sp³-hybridized carbons (Fsp3) is 0.542. The molecule has 5 heteroatoms. The van der Waals surface area contributed by atoms with Crippen molar-refractivity contribution >= 4 is 14.3 Å². The van der Waals surface area contributed by atoms with E-state index >= 15 is 0 Å². The van der Waals surface area contributed by atoms with E-state index in [4.69, 9.17) is 13.9 Å². The Morgan fingerprint density at radius 2 is 1.93 bits per heavy atom. The van der Waals surface area contributed by atoms with Gasteiger partial charge in [0.05, 0.1) is 25.9 Å². The van der Waals surface area contributed by atoms with Gasteiger partial charge in [0.25, 0.3) is 0 Å². The van der Waals surface area contributed by atoms with Crippen molar-refractivity contribution in [3.05, 3.63) is 59.7 Å². The van der Waals surface area contributed by atoms with E-state index in [-0.39, 0.29) is 11.9 Å². The van der Waals surface area contributed by atoms with Crippen LogP contribution in [0.2, 0.25) is 19.6 Å². The maximum Gasteiger partial charge on any atom is 0.330 e. The van der Waals surface area contributed by atoms with E-state index in [9.17, 15) is 4.79 Å². The third-order valence-electron chi connectivity index (χ3n) is 5.12. The van der Waals surface area contributed by atoms with Gasteiger partial charge in [-0.05, 0) is 57.0 Å². The van der Waals surface area contributed by atoms with Crippen LogP contribution in [-0.4, -0.2) is 33.6 Å². The molecule has 29 heavy (non-hydrogen) atoms. The number of ether oxygens (including phenoxy) is 2. The number of allylic oxidation sites excluding steroid dienone is 2. The predicted molar refractivity (Wildman–Crippen MR) is 120 cm³/mol. The van der Waals surface area contributed by atoms with Gasteiger partial charge in [-0.2, -0.15) is 0 Å². The lowest BCUT2D eigenvalue weighted by Gasteiger charge is -2.42. The van der Waals surface area contributed by atoms with Crippen LogP contribution < -0.4 is 0 Å². The number of benzene rings is 1. The van der Waals surface area contributed by atoms with Gasteiger partial charge in [-0.1, -0.05) is 48.9 Å². The first-order chi connectivity index (χ1) is 13.7. The normalized spacial score (nSPS) is 20.0. The fourth-order valence-corrected chi connectivity index (χ4v) is 5.59. The summed E-state index contributed by atoms with van der Waals surface area (Å²) in [6.45, 7) is 9.90. The minimum absolute atomic E-state index is 0.174. The fourth-order valence-electron chi connectivity index (χ4n) is 3.99. The lowest BCUT2D eigenvalue weighted by atomic mass is 9.80. The summed E-state index contributed by atoms with van der Waals surface area (Å²) in [6.07, 6.45) is 10.0. The Labute approximate surface area is 177 Å². The second-order valence-corrected chi connectivity index (χ2v) is 13.3. The standard InChI is InChI=1S/C24H36O4Si/c1-24(28-29(3,4)5,19-27-18-20-12-8-6-9-13-20)22-15-11-7-10-14-21(22)16-17-23(25)26-2/h6,8-9,12-14,16-17,22H,7,10-11,15,18-19H2,1-5H3/b17-16+/t22-,24+/m1/s1. The van der Waals surface area contributed by atoms with Gasteiger partial charge in [0.2, 0.25) is 0 Å². The topological polar surface area (TPSA) is 44.8 Å². The van der Waals surface area contributed by atoms with Gasteiger partial charge in [0.15, 0.2) is 8.32 Å². The summed E-state index contributed by atoms with van der Waals surface area (Å²) in [5.74, 6) is -0.157. The van der Waals surface area contributed by atoms with Crippen molar-refractivity contribution in [3.8, 4) is 0 Å². The first-order valence-corrected chi connectivity index (χ1v) is 13.9. The Hall–Kier alpha value is -1.69. The molecule has 0 unspecified atom stereocenters. The number of hydrogen-bond donors (Lipinski definition) is 0. The monoisotopic (exact) mass is 416 g/mol. The Balaban J connectivity index is 2.23. The lowest BCUT2D eigenvalue weighted by Crippen LogP contribution is -2.49. The van der Waals surface area contributed by atoms with E-state index in [1.54, 1.807) is 0 Å². The number of rotatable bonds is 9. The summed E-state index contributed by atoms with van der Waals surface area (Å²) in [7, 11) is -0.422. The Morgan fingerprint density at radius 3 is 2.59 bits per heavy atom. The van der Waals surface area contributed by atoms with Crippen molar-refractivity contribution in [2.45, 2.75) is 64.5 Å². The minimum Gasteiger partial charge on any atom is -0.466 e. The highest BCUT2D eigenvalue weighted by Gasteiger charge is 2.40. The van der Waals surface area contributed by atoms with Crippen LogP contribution in [0, 0.1) is 5.92 Å². The van der Waals surface area contributed by atoms with E-state index in [0.717, 1.165) is 36.8 Å². The first-order valence-electron chi connectivity index (χ1n) is 10.5. The molecule has 0 aromatic heterocycles. The molecule has 0 radical (unpaired) electrons. The summed E-state index contributed by atoms with van der Waals surface area (Å²) in [6, 6.07) is 10.2. The Kier molecular flexibility index (Phi) is 8.87. The highest BCUT2D eigenvalue weighted by Crippen LogP contribution is 2.38. The zero-order valence-electron chi connectivity index (χ0n) is 18.6. The smallest absolute Gasteiger partial charge is 0.330 e. The molecule has 1 aromatic rings. The van der Waals surface area contributed by atoms with Crippen LogP contribution in [0.1, 0.15) is 38.2 Å². The van der Waals surface area contributed by atoms with Crippen LogP contribution in [0.25, 0.3) is 0 Å². The largest absolute Gasteiger partial charge is 0.466 e. The Morgan fingerprint density at radius 1 is 1.21 bits per heavy atom.